The smallest absolute Gasteiger partial charge is 0.155 e. The predicted octanol–water partition coefficient (Wildman–Crippen LogP) is 2.19. The van der Waals surface area contributed by atoms with Crippen LogP contribution >= 0.6 is 11.6 Å². The van der Waals surface area contributed by atoms with Crippen LogP contribution < -0.4 is 4.74 Å². The van der Waals surface area contributed by atoms with Crippen LogP contribution in [0.1, 0.15) is 24.6 Å². The van der Waals surface area contributed by atoms with Gasteiger partial charge in [-0.05, 0) is 24.8 Å². The molecule has 0 aliphatic heterocycles. The molecule has 1 aliphatic rings. The molecule has 2 rings (SSSR count). The first kappa shape index (κ1) is 9.74. The summed E-state index contributed by atoms with van der Waals surface area (Å²) < 4.78 is 4.98. The van der Waals surface area contributed by atoms with Crippen LogP contribution in [-0.2, 0) is 0 Å². The van der Waals surface area contributed by atoms with E-state index in [0.29, 0.717) is 22.4 Å². The Morgan fingerprint density at radius 3 is 2.86 bits per heavy atom. The standard InChI is InChI=1S/C10H12ClNO2/c1-14-9-5-12-8(4-7(9)11)10(13)6-2-3-6/h4-6,10,13H,2-3H2,1H3. The first-order valence-corrected chi connectivity index (χ1v) is 4.97. The topological polar surface area (TPSA) is 42.4 Å². The maximum atomic E-state index is 9.79. The minimum atomic E-state index is -0.474. The lowest BCUT2D eigenvalue weighted by Crippen LogP contribution is -2.02. The molecule has 1 aromatic heterocycles. The van der Waals surface area contributed by atoms with Crippen LogP contribution in [-0.4, -0.2) is 17.2 Å². The molecule has 76 valence electrons. The maximum Gasteiger partial charge on any atom is 0.155 e. The van der Waals surface area contributed by atoms with Gasteiger partial charge < -0.3 is 9.84 Å². The first-order valence-electron chi connectivity index (χ1n) is 4.60. The molecule has 1 N–H and O–H groups in total. The zero-order valence-corrected chi connectivity index (χ0v) is 8.66. The van der Waals surface area contributed by atoms with Crippen LogP contribution in [0.2, 0.25) is 5.02 Å². The van der Waals surface area contributed by atoms with Gasteiger partial charge in [-0.3, -0.25) is 4.98 Å². The normalized spacial score (nSPS) is 17.9. The molecule has 1 fully saturated rings. The highest BCUT2D eigenvalue weighted by molar-refractivity contribution is 6.32. The number of rotatable bonds is 3. The zero-order valence-electron chi connectivity index (χ0n) is 7.90. The molecule has 14 heavy (non-hydrogen) atoms. The second kappa shape index (κ2) is 3.75. The van der Waals surface area contributed by atoms with Crippen molar-refractivity contribution in [1.29, 1.82) is 0 Å². The van der Waals surface area contributed by atoms with Gasteiger partial charge in [-0.1, -0.05) is 11.6 Å². The summed E-state index contributed by atoms with van der Waals surface area (Å²) in [5, 5.41) is 10.3. The van der Waals surface area contributed by atoms with Gasteiger partial charge in [0.2, 0.25) is 0 Å². The Balaban J connectivity index is 2.22. The maximum absolute atomic E-state index is 9.79. The van der Waals surface area contributed by atoms with Crippen molar-refractivity contribution in [2.24, 2.45) is 5.92 Å². The van der Waals surface area contributed by atoms with Crippen LogP contribution in [0, 0.1) is 5.92 Å². The summed E-state index contributed by atoms with van der Waals surface area (Å²) in [4.78, 5) is 4.11. The van der Waals surface area contributed by atoms with E-state index in [2.05, 4.69) is 4.98 Å². The van der Waals surface area contributed by atoms with Crippen molar-refractivity contribution >= 4 is 11.6 Å². The number of aliphatic hydroxyl groups excluding tert-OH is 1. The van der Waals surface area contributed by atoms with Gasteiger partial charge in [0.25, 0.3) is 0 Å². The van der Waals surface area contributed by atoms with Crippen LogP contribution in [0.25, 0.3) is 0 Å². The molecule has 0 spiro atoms. The van der Waals surface area contributed by atoms with E-state index in [0.717, 1.165) is 12.8 Å². The highest BCUT2D eigenvalue weighted by Crippen LogP contribution is 2.41. The molecule has 0 saturated heterocycles. The zero-order chi connectivity index (χ0) is 10.1. The third-order valence-corrected chi connectivity index (χ3v) is 2.73. The number of pyridine rings is 1. The van der Waals surface area contributed by atoms with E-state index in [1.165, 1.54) is 0 Å². The number of nitrogens with zero attached hydrogens (tertiary/aromatic N) is 1. The fourth-order valence-corrected chi connectivity index (χ4v) is 1.64. The number of halogens is 1. The summed E-state index contributed by atoms with van der Waals surface area (Å²) in [6, 6.07) is 1.67. The van der Waals surface area contributed by atoms with Crippen molar-refractivity contribution in [3.05, 3.63) is 23.0 Å². The molecule has 0 amide bonds. The largest absolute Gasteiger partial charge is 0.494 e. The summed E-state index contributed by atoms with van der Waals surface area (Å²) in [5.74, 6) is 0.908. The molecular formula is C10H12ClNO2. The lowest BCUT2D eigenvalue weighted by molar-refractivity contribution is 0.149. The van der Waals surface area contributed by atoms with Gasteiger partial charge in [0.05, 0.1) is 30.1 Å². The van der Waals surface area contributed by atoms with Gasteiger partial charge in [-0.2, -0.15) is 0 Å². The molecular weight excluding hydrogens is 202 g/mol. The van der Waals surface area contributed by atoms with Crippen LogP contribution in [0.3, 0.4) is 0 Å². The van der Waals surface area contributed by atoms with Crippen molar-refractivity contribution in [3.63, 3.8) is 0 Å². The molecule has 4 heteroatoms. The van der Waals surface area contributed by atoms with Gasteiger partial charge in [-0.15, -0.1) is 0 Å². The van der Waals surface area contributed by atoms with Gasteiger partial charge >= 0.3 is 0 Å². The van der Waals surface area contributed by atoms with Gasteiger partial charge in [0.15, 0.2) is 5.75 Å². The molecule has 1 aromatic rings. The Morgan fingerprint density at radius 2 is 2.36 bits per heavy atom. The highest BCUT2D eigenvalue weighted by atomic mass is 35.5. The van der Waals surface area contributed by atoms with Crippen molar-refractivity contribution in [2.75, 3.05) is 7.11 Å². The summed E-state index contributed by atoms with van der Waals surface area (Å²) in [5.41, 5.74) is 0.637. The Labute approximate surface area is 87.7 Å². The summed E-state index contributed by atoms with van der Waals surface area (Å²) in [6.45, 7) is 0. The highest BCUT2D eigenvalue weighted by Gasteiger charge is 2.31. The quantitative estimate of drug-likeness (QED) is 0.837. The molecule has 0 bridgehead atoms. The van der Waals surface area contributed by atoms with Crippen molar-refractivity contribution < 1.29 is 9.84 Å². The molecule has 3 nitrogen and oxygen atoms in total. The first-order chi connectivity index (χ1) is 6.72. The minimum Gasteiger partial charge on any atom is -0.494 e. The average molecular weight is 214 g/mol. The molecule has 0 radical (unpaired) electrons. The van der Waals surface area contributed by atoms with E-state index in [1.807, 2.05) is 0 Å². The SMILES string of the molecule is COc1cnc(C(O)C2CC2)cc1Cl. The van der Waals surface area contributed by atoms with E-state index in [4.69, 9.17) is 16.3 Å². The van der Waals surface area contributed by atoms with Gasteiger partial charge in [0, 0.05) is 0 Å². The molecule has 1 unspecified atom stereocenters. The minimum absolute atomic E-state index is 0.368. The Kier molecular flexibility index (Phi) is 2.61. The van der Waals surface area contributed by atoms with Crippen molar-refractivity contribution in [2.45, 2.75) is 18.9 Å². The van der Waals surface area contributed by atoms with E-state index in [-0.39, 0.29) is 0 Å². The molecule has 1 aliphatic carbocycles. The predicted molar refractivity (Wildman–Crippen MR) is 53.5 cm³/mol. The summed E-state index contributed by atoms with van der Waals surface area (Å²) in [6.07, 6.45) is 3.22. The number of aliphatic hydroxyl groups is 1. The fourth-order valence-electron chi connectivity index (χ4n) is 1.40. The third kappa shape index (κ3) is 1.83. The Morgan fingerprint density at radius 1 is 1.64 bits per heavy atom. The average Bonchev–Trinajstić information content (AvgIpc) is 3.00. The van der Waals surface area contributed by atoms with E-state index < -0.39 is 6.10 Å². The van der Waals surface area contributed by atoms with Crippen molar-refractivity contribution in [1.82, 2.24) is 4.98 Å². The summed E-state index contributed by atoms with van der Waals surface area (Å²) >= 11 is 5.92. The molecule has 1 saturated carbocycles. The van der Waals surface area contributed by atoms with E-state index >= 15 is 0 Å². The van der Waals surface area contributed by atoms with Crippen LogP contribution in [0.15, 0.2) is 12.3 Å². The van der Waals surface area contributed by atoms with Crippen LogP contribution in [0.5, 0.6) is 5.75 Å². The number of methoxy groups -OCH3 is 1. The Bertz CT molecular complexity index is 339. The lowest BCUT2D eigenvalue weighted by Gasteiger charge is -2.10. The van der Waals surface area contributed by atoms with E-state index in [9.17, 15) is 5.11 Å². The number of hydrogen-bond donors (Lipinski definition) is 1. The number of hydrogen-bond acceptors (Lipinski definition) is 3. The third-order valence-electron chi connectivity index (χ3n) is 2.43. The second-order valence-electron chi connectivity index (χ2n) is 3.53. The molecule has 1 atom stereocenters. The van der Waals surface area contributed by atoms with E-state index in [1.54, 1.807) is 19.4 Å². The fraction of sp³-hybridized carbons (Fsp3) is 0.500. The number of ether oxygens (including phenoxy) is 1. The second-order valence-corrected chi connectivity index (χ2v) is 3.93. The molecule has 0 aromatic carbocycles. The lowest BCUT2D eigenvalue weighted by atomic mass is 10.1. The molecule has 1 heterocycles. The summed E-state index contributed by atoms with van der Waals surface area (Å²) in [7, 11) is 1.54. The monoisotopic (exact) mass is 213 g/mol. The van der Waals surface area contributed by atoms with Gasteiger partial charge in [0.1, 0.15) is 0 Å². The number of aromatic nitrogens is 1. The van der Waals surface area contributed by atoms with Crippen LogP contribution in [0.4, 0.5) is 0 Å². The Hall–Kier alpha value is -0.800. The van der Waals surface area contributed by atoms with Crippen molar-refractivity contribution in [3.8, 4) is 5.75 Å². The van der Waals surface area contributed by atoms with Gasteiger partial charge in [-0.25, -0.2) is 0 Å².